The number of rotatable bonds is 4. The van der Waals surface area contributed by atoms with Crippen molar-refractivity contribution in [1.29, 1.82) is 0 Å². The van der Waals surface area contributed by atoms with Crippen LogP contribution in [-0.4, -0.2) is 18.1 Å². The minimum atomic E-state index is 0.799. The summed E-state index contributed by atoms with van der Waals surface area (Å²) < 4.78 is 5.80. The molecule has 3 heteroatoms. The Morgan fingerprint density at radius 3 is 3.12 bits per heavy atom. The van der Waals surface area contributed by atoms with Crippen LogP contribution in [0.3, 0.4) is 0 Å². The van der Waals surface area contributed by atoms with E-state index < -0.39 is 0 Å². The van der Waals surface area contributed by atoms with Crippen LogP contribution in [0.15, 0.2) is 6.20 Å². The van der Waals surface area contributed by atoms with Crippen molar-refractivity contribution in [3.8, 4) is 5.75 Å². The van der Waals surface area contributed by atoms with E-state index in [0.717, 1.165) is 44.0 Å². The molecule has 1 N–H and O–H groups in total. The molecule has 0 amide bonds. The minimum Gasteiger partial charge on any atom is -0.492 e. The first kappa shape index (κ1) is 11.4. The van der Waals surface area contributed by atoms with Gasteiger partial charge in [-0.25, -0.2) is 0 Å². The Bertz CT molecular complexity index is 363. The second-order valence-electron chi connectivity index (χ2n) is 4.29. The molecule has 0 atom stereocenters. The fourth-order valence-corrected chi connectivity index (χ4v) is 2.08. The first-order valence-electron chi connectivity index (χ1n) is 6.13. The molecule has 0 unspecified atom stereocenters. The Balaban J connectivity index is 2.18. The molecule has 1 aromatic heterocycles. The van der Waals surface area contributed by atoms with E-state index in [1.165, 1.54) is 17.5 Å². The van der Waals surface area contributed by atoms with Crippen molar-refractivity contribution in [2.24, 2.45) is 0 Å². The monoisotopic (exact) mass is 220 g/mol. The number of unbranched alkanes of at least 4 members (excludes halogenated alkanes) is 1. The Kier molecular flexibility index (Phi) is 3.78. The Morgan fingerprint density at radius 1 is 1.44 bits per heavy atom. The highest BCUT2D eigenvalue weighted by molar-refractivity contribution is 5.42. The van der Waals surface area contributed by atoms with Gasteiger partial charge in [-0.1, -0.05) is 13.3 Å². The van der Waals surface area contributed by atoms with Gasteiger partial charge in [0.1, 0.15) is 5.75 Å². The van der Waals surface area contributed by atoms with Crippen LogP contribution in [0, 0.1) is 6.92 Å². The molecule has 0 fully saturated rings. The number of hydrogen-bond acceptors (Lipinski definition) is 3. The fourth-order valence-electron chi connectivity index (χ4n) is 2.08. The van der Waals surface area contributed by atoms with Crippen molar-refractivity contribution in [3.63, 3.8) is 0 Å². The number of ether oxygens (including phenoxy) is 1. The molecule has 0 saturated heterocycles. The zero-order chi connectivity index (χ0) is 11.4. The molecule has 88 valence electrons. The van der Waals surface area contributed by atoms with Gasteiger partial charge in [0, 0.05) is 17.8 Å². The van der Waals surface area contributed by atoms with Crippen LogP contribution in [0.2, 0.25) is 0 Å². The predicted octanol–water partition coefficient (Wildman–Crippen LogP) is 2.21. The summed E-state index contributed by atoms with van der Waals surface area (Å²) in [5.41, 5.74) is 3.85. The number of nitrogens with zero attached hydrogens (tertiary/aromatic N) is 1. The number of hydrogen-bond donors (Lipinski definition) is 1. The molecule has 0 spiro atoms. The van der Waals surface area contributed by atoms with Crippen LogP contribution >= 0.6 is 0 Å². The molecule has 2 heterocycles. The lowest BCUT2D eigenvalue weighted by Crippen LogP contribution is -2.25. The summed E-state index contributed by atoms with van der Waals surface area (Å²) in [5, 5.41) is 3.39. The molecule has 0 aliphatic carbocycles. The van der Waals surface area contributed by atoms with E-state index >= 15 is 0 Å². The number of pyridine rings is 1. The smallest absolute Gasteiger partial charge is 0.142 e. The molecule has 1 aliphatic heterocycles. The quantitative estimate of drug-likeness (QED) is 0.790. The molecule has 16 heavy (non-hydrogen) atoms. The van der Waals surface area contributed by atoms with E-state index in [2.05, 4.69) is 24.1 Å². The van der Waals surface area contributed by atoms with Gasteiger partial charge < -0.3 is 10.1 Å². The molecule has 0 radical (unpaired) electrons. The Morgan fingerprint density at radius 2 is 2.31 bits per heavy atom. The van der Waals surface area contributed by atoms with E-state index in [1.807, 2.05) is 6.20 Å². The first-order valence-corrected chi connectivity index (χ1v) is 6.13. The van der Waals surface area contributed by atoms with Crippen molar-refractivity contribution in [1.82, 2.24) is 10.3 Å². The number of aryl methyl sites for hydroxylation is 1. The molecule has 0 saturated carbocycles. The SMILES string of the molecule is CCCCOc1cnc(C)c2c1CNCC2. The topological polar surface area (TPSA) is 34.1 Å². The highest BCUT2D eigenvalue weighted by Gasteiger charge is 2.16. The van der Waals surface area contributed by atoms with Gasteiger partial charge in [0.25, 0.3) is 0 Å². The summed E-state index contributed by atoms with van der Waals surface area (Å²) in [7, 11) is 0. The Labute approximate surface area is 97.2 Å². The second-order valence-corrected chi connectivity index (χ2v) is 4.29. The second kappa shape index (κ2) is 5.30. The average molecular weight is 220 g/mol. The van der Waals surface area contributed by atoms with Crippen LogP contribution in [-0.2, 0) is 13.0 Å². The predicted molar refractivity (Wildman–Crippen MR) is 64.8 cm³/mol. The lowest BCUT2D eigenvalue weighted by atomic mass is 10.00. The Hall–Kier alpha value is -1.09. The van der Waals surface area contributed by atoms with Gasteiger partial charge in [-0.3, -0.25) is 4.98 Å². The van der Waals surface area contributed by atoms with E-state index in [-0.39, 0.29) is 0 Å². The molecule has 1 aromatic rings. The van der Waals surface area contributed by atoms with Crippen molar-refractivity contribution in [2.45, 2.75) is 39.7 Å². The lowest BCUT2D eigenvalue weighted by Gasteiger charge is -2.21. The summed E-state index contributed by atoms with van der Waals surface area (Å²) in [6, 6.07) is 0. The van der Waals surface area contributed by atoms with Crippen molar-refractivity contribution >= 4 is 0 Å². The molecule has 1 aliphatic rings. The van der Waals surface area contributed by atoms with Crippen LogP contribution in [0.4, 0.5) is 0 Å². The number of nitrogens with one attached hydrogen (secondary N) is 1. The molecule has 3 nitrogen and oxygen atoms in total. The summed E-state index contributed by atoms with van der Waals surface area (Å²) in [4.78, 5) is 4.42. The third kappa shape index (κ3) is 2.35. The zero-order valence-electron chi connectivity index (χ0n) is 10.2. The number of fused-ring (bicyclic) bond motifs is 1. The molecular formula is C13H20N2O. The lowest BCUT2D eigenvalue weighted by molar-refractivity contribution is 0.302. The fraction of sp³-hybridized carbons (Fsp3) is 0.615. The summed E-state index contributed by atoms with van der Waals surface area (Å²) >= 11 is 0. The molecule has 0 aromatic carbocycles. The summed E-state index contributed by atoms with van der Waals surface area (Å²) in [6.45, 7) is 7.02. The van der Waals surface area contributed by atoms with Gasteiger partial charge in [-0.15, -0.1) is 0 Å². The van der Waals surface area contributed by atoms with Gasteiger partial charge in [0.05, 0.1) is 12.8 Å². The highest BCUT2D eigenvalue weighted by Crippen LogP contribution is 2.26. The van der Waals surface area contributed by atoms with E-state index in [4.69, 9.17) is 4.74 Å². The maximum absolute atomic E-state index is 5.80. The summed E-state index contributed by atoms with van der Waals surface area (Å²) in [5.74, 6) is 0.973. The number of aromatic nitrogens is 1. The van der Waals surface area contributed by atoms with E-state index in [0.29, 0.717) is 0 Å². The normalized spacial score (nSPS) is 14.6. The van der Waals surface area contributed by atoms with Crippen molar-refractivity contribution in [2.75, 3.05) is 13.2 Å². The van der Waals surface area contributed by atoms with Crippen LogP contribution in [0.25, 0.3) is 0 Å². The van der Waals surface area contributed by atoms with Crippen LogP contribution < -0.4 is 10.1 Å². The average Bonchev–Trinajstić information content (AvgIpc) is 2.33. The molecule has 2 rings (SSSR count). The third-order valence-electron chi connectivity index (χ3n) is 3.08. The van der Waals surface area contributed by atoms with Gasteiger partial charge in [0.2, 0.25) is 0 Å². The van der Waals surface area contributed by atoms with E-state index in [1.54, 1.807) is 0 Å². The maximum atomic E-state index is 5.80. The van der Waals surface area contributed by atoms with Gasteiger partial charge in [0.15, 0.2) is 0 Å². The van der Waals surface area contributed by atoms with Crippen molar-refractivity contribution in [3.05, 3.63) is 23.0 Å². The van der Waals surface area contributed by atoms with Crippen LogP contribution in [0.5, 0.6) is 5.75 Å². The van der Waals surface area contributed by atoms with Crippen LogP contribution in [0.1, 0.15) is 36.6 Å². The summed E-state index contributed by atoms with van der Waals surface area (Å²) in [6.07, 6.45) is 5.21. The first-order chi connectivity index (χ1) is 7.83. The zero-order valence-corrected chi connectivity index (χ0v) is 10.2. The van der Waals surface area contributed by atoms with Gasteiger partial charge >= 0.3 is 0 Å². The molecular weight excluding hydrogens is 200 g/mol. The van der Waals surface area contributed by atoms with Crippen molar-refractivity contribution < 1.29 is 4.74 Å². The standard InChI is InChI=1S/C13H20N2O/c1-3-4-7-16-13-9-15-10(2)11-5-6-14-8-12(11)13/h9,14H,3-8H2,1-2H3. The van der Waals surface area contributed by atoms with E-state index in [9.17, 15) is 0 Å². The molecule has 0 bridgehead atoms. The van der Waals surface area contributed by atoms with Gasteiger partial charge in [-0.05, 0) is 31.9 Å². The minimum absolute atomic E-state index is 0.799. The maximum Gasteiger partial charge on any atom is 0.142 e. The third-order valence-corrected chi connectivity index (χ3v) is 3.08. The highest BCUT2D eigenvalue weighted by atomic mass is 16.5. The van der Waals surface area contributed by atoms with Gasteiger partial charge in [-0.2, -0.15) is 0 Å². The largest absolute Gasteiger partial charge is 0.492 e.